The first-order valence-electron chi connectivity index (χ1n) is 11.0. The topological polar surface area (TPSA) is 77.1 Å². The van der Waals surface area contributed by atoms with E-state index in [2.05, 4.69) is 37.0 Å². The maximum absolute atomic E-state index is 14.7. The number of halogens is 1. The standard InChI is InChI=1S/C24H29FN6O/c1-4-30-9-11-31(12-10-30)21-7-5-18(13-20(21)25)14-26-22-8-6-19(15-27-22)23-28-17(3)16(2)24(32)29-23/h5-8,13,15H,4,9-12,14H2,1-3H3,(H,26,27)(H,28,29,32). The number of nitrogens with one attached hydrogen (secondary N) is 2. The van der Waals surface area contributed by atoms with E-state index >= 15 is 0 Å². The highest BCUT2D eigenvalue weighted by atomic mass is 19.1. The first kappa shape index (κ1) is 22.0. The molecule has 1 aliphatic heterocycles. The zero-order valence-electron chi connectivity index (χ0n) is 18.8. The number of benzene rings is 1. The van der Waals surface area contributed by atoms with Gasteiger partial charge in [0.1, 0.15) is 17.5 Å². The second kappa shape index (κ2) is 9.48. The van der Waals surface area contributed by atoms with Crippen molar-refractivity contribution in [3.8, 4) is 11.4 Å². The lowest BCUT2D eigenvalue weighted by atomic mass is 10.1. The van der Waals surface area contributed by atoms with Gasteiger partial charge in [0, 0.05) is 55.7 Å². The minimum Gasteiger partial charge on any atom is -0.367 e. The van der Waals surface area contributed by atoms with Crippen molar-refractivity contribution >= 4 is 11.5 Å². The van der Waals surface area contributed by atoms with Crippen LogP contribution in [0.3, 0.4) is 0 Å². The average Bonchev–Trinajstić information content (AvgIpc) is 2.81. The molecule has 0 aliphatic carbocycles. The third-order valence-electron chi connectivity index (χ3n) is 6.08. The molecular weight excluding hydrogens is 407 g/mol. The number of piperazine rings is 1. The molecular formula is C24H29FN6O. The molecule has 32 heavy (non-hydrogen) atoms. The molecule has 2 aromatic heterocycles. The van der Waals surface area contributed by atoms with E-state index in [1.165, 1.54) is 0 Å². The van der Waals surface area contributed by atoms with Gasteiger partial charge in [-0.15, -0.1) is 0 Å². The van der Waals surface area contributed by atoms with Crippen LogP contribution in [0.5, 0.6) is 0 Å². The third kappa shape index (κ3) is 4.80. The van der Waals surface area contributed by atoms with Crippen molar-refractivity contribution in [3.63, 3.8) is 0 Å². The van der Waals surface area contributed by atoms with Crippen LogP contribution in [0, 0.1) is 19.7 Å². The minimum absolute atomic E-state index is 0.146. The van der Waals surface area contributed by atoms with Crippen LogP contribution in [0.1, 0.15) is 23.7 Å². The lowest BCUT2D eigenvalue weighted by Crippen LogP contribution is -2.46. The second-order valence-corrected chi connectivity index (χ2v) is 8.12. The Morgan fingerprint density at radius 3 is 2.53 bits per heavy atom. The van der Waals surface area contributed by atoms with Crippen LogP contribution < -0.4 is 15.8 Å². The molecule has 3 aromatic rings. The number of rotatable bonds is 6. The number of hydrogen-bond acceptors (Lipinski definition) is 6. The van der Waals surface area contributed by atoms with Crippen molar-refractivity contribution in [3.05, 3.63) is 69.5 Å². The van der Waals surface area contributed by atoms with Crippen LogP contribution in [0.2, 0.25) is 0 Å². The summed E-state index contributed by atoms with van der Waals surface area (Å²) >= 11 is 0. The Morgan fingerprint density at radius 2 is 1.91 bits per heavy atom. The zero-order chi connectivity index (χ0) is 22.7. The Balaban J connectivity index is 1.39. The van der Waals surface area contributed by atoms with Gasteiger partial charge >= 0.3 is 0 Å². The molecule has 0 unspecified atom stereocenters. The normalized spacial score (nSPS) is 14.6. The highest BCUT2D eigenvalue weighted by Gasteiger charge is 2.18. The van der Waals surface area contributed by atoms with Crippen molar-refractivity contribution < 1.29 is 4.39 Å². The molecule has 0 radical (unpaired) electrons. The molecule has 168 valence electrons. The number of aromatic amines is 1. The van der Waals surface area contributed by atoms with E-state index in [0.29, 0.717) is 35.1 Å². The summed E-state index contributed by atoms with van der Waals surface area (Å²) in [7, 11) is 0. The van der Waals surface area contributed by atoms with Gasteiger partial charge in [0.2, 0.25) is 0 Å². The van der Waals surface area contributed by atoms with E-state index in [1.807, 2.05) is 31.2 Å². The van der Waals surface area contributed by atoms with Gasteiger partial charge in [-0.05, 0) is 50.2 Å². The highest BCUT2D eigenvalue weighted by molar-refractivity contribution is 5.56. The highest BCUT2D eigenvalue weighted by Crippen LogP contribution is 2.23. The summed E-state index contributed by atoms with van der Waals surface area (Å²) in [6, 6.07) is 9.08. The van der Waals surface area contributed by atoms with Crippen LogP contribution in [-0.4, -0.2) is 52.6 Å². The molecule has 4 rings (SSSR count). The fourth-order valence-electron chi connectivity index (χ4n) is 3.83. The summed E-state index contributed by atoms with van der Waals surface area (Å²) in [5, 5.41) is 3.22. The van der Waals surface area contributed by atoms with E-state index < -0.39 is 0 Å². The Hall–Kier alpha value is -3.26. The number of H-pyrrole nitrogens is 1. The third-order valence-corrected chi connectivity index (χ3v) is 6.08. The minimum atomic E-state index is -0.192. The van der Waals surface area contributed by atoms with Crippen LogP contribution in [-0.2, 0) is 6.54 Å². The number of likely N-dealkylation sites (N-methyl/N-ethyl adjacent to an activating group) is 1. The average molecular weight is 437 g/mol. The van der Waals surface area contributed by atoms with Crippen LogP contribution >= 0.6 is 0 Å². The number of aryl methyl sites for hydroxylation is 1. The quantitative estimate of drug-likeness (QED) is 0.617. The maximum atomic E-state index is 14.7. The first-order chi connectivity index (χ1) is 15.4. The summed E-state index contributed by atoms with van der Waals surface area (Å²) in [6.07, 6.45) is 1.66. The summed E-state index contributed by atoms with van der Waals surface area (Å²) < 4.78 is 14.7. The molecule has 1 saturated heterocycles. The lowest BCUT2D eigenvalue weighted by Gasteiger charge is -2.35. The van der Waals surface area contributed by atoms with Gasteiger partial charge in [0.05, 0.1) is 5.69 Å². The summed E-state index contributed by atoms with van der Waals surface area (Å²) in [5.74, 6) is 0.969. The molecule has 0 spiro atoms. The Labute approximate surface area is 187 Å². The molecule has 1 aliphatic rings. The van der Waals surface area contributed by atoms with Gasteiger partial charge in [-0.3, -0.25) is 4.79 Å². The Bertz CT molecular complexity index is 1140. The van der Waals surface area contributed by atoms with Crippen molar-refractivity contribution in [2.75, 3.05) is 42.9 Å². The summed E-state index contributed by atoms with van der Waals surface area (Å²) in [5.41, 5.74) is 3.42. The van der Waals surface area contributed by atoms with Crippen LogP contribution in [0.25, 0.3) is 11.4 Å². The molecule has 0 bridgehead atoms. The summed E-state index contributed by atoms with van der Waals surface area (Å²) in [4.78, 5) is 28.1. The number of pyridine rings is 1. The van der Waals surface area contributed by atoms with Crippen molar-refractivity contribution in [1.29, 1.82) is 0 Å². The number of nitrogens with zero attached hydrogens (tertiary/aromatic N) is 4. The fraction of sp³-hybridized carbons (Fsp3) is 0.375. The Morgan fingerprint density at radius 1 is 1.12 bits per heavy atom. The molecule has 2 N–H and O–H groups in total. The van der Waals surface area contributed by atoms with Crippen molar-refractivity contribution in [2.24, 2.45) is 0 Å². The smallest absolute Gasteiger partial charge is 0.254 e. The monoisotopic (exact) mass is 436 g/mol. The second-order valence-electron chi connectivity index (χ2n) is 8.12. The van der Waals surface area contributed by atoms with E-state index in [0.717, 1.165) is 43.9 Å². The fourth-order valence-corrected chi connectivity index (χ4v) is 3.83. The largest absolute Gasteiger partial charge is 0.367 e. The van der Waals surface area contributed by atoms with E-state index in [1.54, 1.807) is 19.2 Å². The maximum Gasteiger partial charge on any atom is 0.254 e. The van der Waals surface area contributed by atoms with E-state index in [9.17, 15) is 9.18 Å². The molecule has 0 atom stereocenters. The van der Waals surface area contributed by atoms with Gasteiger partial charge in [-0.25, -0.2) is 14.4 Å². The van der Waals surface area contributed by atoms with Gasteiger partial charge in [-0.2, -0.15) is 0 Å². The van der Waals surface area contributed by atoms with Crippen LogP contribution in [0.4, 0.5) is 15.9 Å². The first-order valence-corrected chi connectivity index (χ1v) is 11.0. The van der Waals surface area contributed by atoms with E-state index in [-0.39, 0.29) is 11.4 Å². The lowest BCUT2D eigenvalue weighted by molar-refractivity contribution is 0.270. The molecule has 7 nitrogen and oxygen atoms in total. The molecule has 1 aromatic carbocycles. The predicted molar refractivity (Wildman–Crippen MR) is 126 cm³/mol. The molecule has 0 amide bonds. The molecule has 3 heterocycles. The summed E-state index contributed by atoms with van der Waals surface area (Å²) in [6.45, 7) is 10.8. The van der Waals surface area contributed by atoms with E-state index in [4.69, 9.17) is 0 Å². The van der Waals surface area contributed by atoms with Crippen LogP contribution in [0.15, 0.2) is 41.3 Å². The van der Waals surface area contributed by atoms with Gasteiger partial charge in [0.25, 0.3) is 5.56 Å². The van der Waals surface area contributed by atoms with Gasteiger partial charge < -0.3 is 20.1 Å². The van der Waals surface area contributed by atoms with Gasteiger partial charge in [-0.1, -0.05) is 13.0 Å². The number of hydrogen-bond donors (Lipinski definition) is 2. The Kier molecular flexibility index (Phi) is 6.50. The molecule has 1 fully saturated rings. The van der Waals surface area contributed by atoms with Crippen molar-refractivity contribution in [2.45, 2.75) is 27.3 Å². The predicted octanol–water partition coefficient (Wildman–Crippen LogP) is 3.34. The SMILES string of the molecule is CCN1CCN(c2ccc(CNc3ccc(-c4nc(C)c(C)c(=O)[nH]4)cn3)cc2F)CC1. The van der Waals surface area contributed by atoms with Gasteiger partial charge in [0.15, 0.2) is 0 Å². The zero-order valence-corrected chi connectivity index (χ0v) is 18.8. The number of anilines is 2. The molecule has 8 heteroatoms. The number of aromatic nitrogens is 3. The van der Waals surface area contributed by atoms with Crippen molar-refractivity contribution in [1.82, 2.24) is 19.9 Å². The molecule has 0 saturated carbocycles.